The molecule has 1 saturated heterocycles. The van der Waals surface area contributed by atoms with Gasteiger partial charge < -0.3 is 10.1 Å². The van der Waals surface area contributed by atoms with Gasteiger partial charge in [-0.05, 0) is 44.1 Å². The summed E-state index contributed by atoms with van der Waals surface area (Å²) in [5.41, 5.74) is 1.18. The van der Waals surface area contributed by atoms with E-state index >= 15 is 0 Å². The second-order valence-electron chi connectivity index (χ2n) is 7.22. The number of hydrogen-bond donors (Lipinski definition) is 1. The second-order valence-corrected chi connectivity index (χ2v) is 9.24. The van der Waals surface area contributed by atoms with Gasteiger partial charge in [0.2, 0.25) is 5.91 Å². The molecular formula is C20H25N3O3S2. The monoisotopic (exact) mass is 419 g/mol. The second kappa shape index (κ2) is 8.80. The van der Waals surface area contributed by atoms with Crippen LogP contribution in [0, 0.1) is 0 Å². The first-order valence-electron chi connectivity index (χ1n) is 9.84. The van der Waals surface area contributed by atoms with Gasteiger partial charge in [0, 0.05) is 24.6 Å². The van der Waals surface area contributed by atoms with Crippen molar-refractivity contribution < 1.29 is 9.53 Å². The molecule has 1 amide bonds. The average Bonchev–Trinajstić information content (AvgIpc) is 3.34. The Morgan fingerprint density at radius 3 is 3.04 bits per heavy atom. The summed E-state index contributed by atoms with van der Waals surface area (Å²) in [7, 11) is 0. The van der Waals surface area contributed by atoms with Crippen LogP contribution >= 0.6 is 23.1 Å². The molecule has 2 aromatic rings. The molecule has 6 nitrogen and oxygen atoms in total. The van der Waals surface area contributed by atoms with E-state index in [1.54, 1.807) is 22.0 Å². The quantitative estimate of drug-likeness (QED) is 0.424. The summed E-state index contributed by atoms with van der Waals surface area (Å²) in [6, 6.07) is 0. The number of thiophene rings is 1. The van der Waals surface area contributed by atoms with Crippen LogP contribution in [0.15, 0.2) is 22.6 Å². The molecule has 0 unspecified atom stereocenters. The lowest BCUT2D eigenvalue weighted by Gasteiger charge is -2.13. The summed E-state index contributed by atoms with van der Waals surface area (Å²) in [6.45, 7) is 5.49. The fourth-order valence-corrected chi connectivity index (χ4v) is 5.98. The number of amides is 1. The van der Waals surface area contributed by atoms with Crippen LogP contribution < -0.4 is 10.9 Å². The Morgan fingerprint density at radius 2 is 2.25 bits per heavy atom. The molecule has 28 heavy (non-hydrogen) atoms. The average molecular weight is 420 g/mol. The van der Waals surface area contributed by atoms with Crippen molar-refractivity contribution in [2.45, 2.75) is 56.3 Å². The SMILES string of the molecule is C=CCn1c(SCC(=O)NC[C@H]2CCCO2)nc2sc3c(c2c1=O)CCCC3. The summed E-state index contributed by atoms with van der Waals surface area (Å²) in [4.78, 5) is 32.3. The van der Waals surface area contributed by atoms with Crippen molar-refractivity contribution in [3.8, 4) is 0 Å². The molecule has 2 aromatic heterocycles. The third-order valence-corrected chi connectivity index (χ3v) is 7.40. The van der Waals surface area contributed by atoms with Gasteiger partial charge in [-0.25, -0.2) is 4.98 Å². The molecule has 1 atom stereocenters. The van der Waals surface area contributed by atoms with Crippen molar-refractivity contribution in [2.75, 3.05) is 18.9 Å². The fraction of sp³-hybridized carbons (Fsp3) is 0.550. The number of thioether (sulfide) groups is 1. The van der Waals surface area contributed by atoms with E-state index in [4.69, 9.17) is 9.72 Å². The molecule has 1 N–H and O–H groups in total. The Bertz CT molecular complexity index is 944. The maximum Gasteiger partial charge on any atom is 0.263 e. The van der Waals surface area contributed by atoms with Gasteiger partial charge >= 0.3 is 0 Å². The van der Waals surface area contributed by atoms with Crippen LogP contribution in [0.1, 0.15) is 36.1 Å². The highest BCUT2D eigenvalue weighted by Crippen LogP contribution is 2.34. The van der Waals surface area contributed by atoms with E-state index < -0.39 is 0 Å². The number of carbonyl (C=O) groups is 1. The van der Waals surface area contributed by atoms with Crippen LogP contribution in [0.2, 0.25) is 0 Å². The van der Waals surface area contributed by atoms with E-state index in [9.17, 15) is 9.59 Å². The van der Waals surface area contributed by atoms with Gasteiger partial charge in [0.15, 0.2) is 5.16 Å². The van der Waals surface area contributed by atoms with Gasteiger partial charge in [0.25, 0.3) is 5.56 Å². The first kappa shape index (κ1) is 19.7. The minimum absolute atomic E-state index is 0.00781. The van der Waals surface area contributed by atoms with Crippen molar-refractivity contribution in [3.63, 3.8) is 0 Å². The van der Waals surface area contributed by atoms with Crippen molar-refractivity contribution in [1.29, 1.82) is 0 Å². The summed E-state index contributed by atoms with van der Waals surface area (Å²) >= 11 is 2.95. The number of hydrogen-bond acceptors (Lipinski definition) is 6. The summed E-state index contributed by atoms with van der Waals surface area (Å²) in [5.74, 6) is 0.165. The van der Waals surface area contributed by atoms with Crippen LogP contribution in [0.5, 0.6) is 0 Å². The predicted molar refractivity (Wildman–Crippen MR) is 113 cm³/mol. The Morgan fingerprint density at radius 1 is 1.39 bits per heavy atom. The standard InChI is InChI=1S/C20H25N3O3S2/c1-2-9-23-19(25)17-14-7-3-4-8-15(14)28-18(17)22-20(23)27-12-16(24)21-11-13-6-5-10-26-13/h2,13H,1,3-12H2,(H,21,24)/t13-/m1/s1. The smallest absolute Gasteiger partial charge is 0.263 e. The van der Waals surface area contributed by atoms with E-state index in [0.717, 1.165) is 48.9 Å². The molecule has 0 spiro atoms. The van der Waals surface area contributed by atoms with E-state index in [0.29, 0.717) is 18.2 Å². The van der Waals surface area contributed by atoms with E-state index in [1.165, 1.54) is 28.6 Å². The van der Waals surface area contributed by atoms with Crippen LogP contribution in [-0.2, 0) is 28.9 Å². The van der Waals surface area contributed by atoms with Gasteiger partial charge in [-0.1, -0.05) is 17.8 Å². The molecule has 1 aliphatic heterocycles. The fourth-order valence-electron chi connectivity index (χ4n) is 3.83. The number of ether oxygens (including phenoxy) is 1. The number of aromatic nitrogens is 2. The lowest BCUT2D eigenvalue weighted by atomic mass is 9.97. The summed E-state index contributed by atoms with van der Waals surface area (Å²) in [6.07, 6.45) is 8.17. The maximum absolute atomic E-state index is 13.2. The number of allylic oxidation sites excluding steroid dienone is 1. The first-order valence-corrected chi connectivity index (χ1v) is 11.6. The summed E-state index contributed by atoms with van der Waals surface area (Å²) < 4.78 is 7.18. The summed E-state index contributed by atoms with van der Waals surface area (Å²) in [5, 5.41) is 4.28. The molecule has 0 aromatic carbocycles. The number of carbonyl (C=O) groups excluding carboxylic acids is 1. The molecule has 1 fully saturated rings. The van der Waals surface area contributed by atoms with Crippen LogP contribution in [0.3, 0.4) is 0 Å². The normalized spacial score (nSPS) is 18.9. The molecule has 8 heteroatoms. The van der Waals surface area contributed by atoms with Gasteiger partial charge in [-0.2, -0.15) is 0 Å². The van der Waals surface area contributed by atoms with Crippen LogP contribution in [0.25, 0.3) is 10.2 Å². The zero-order valence-electron chi connectivity index (χ0n) is 15.9. The van der Waals surface area contributed by atoms with Crippen molar-refractivity contribution >= 4 is 39.2 Å². The number of nitrogens with zero attached hydrogens (tertiary/aromatic N) is 2. The van der Waals surface area contributed by atoms with Gasteiger partial charge in [0.1, 0.15) is 4.83 Å². The Kier molecular flexibility index (Phi) is 6.18. The minimum atomic E-state index is -0.0644. The van der Waals surface area contributed by atoms with Crippen molar-refractivity contribution in [1.82, 2.24) is 14.9 Å². The van der Waals surface area contributed by atoms with Gasteiger partial charge in [0.05, 0.1) is 17.2 Å². The molecule has 150 valence electrons. The highest BCUT2D eigenvalue weighted by molar-refractivity contribution is 7.99. The van der Waals surface area contributed by atoms with E-state index in [2.05, 4.69) is 11.9 Å². The van der Waals surface area contributed by atoms with E-state index in [1.807, 2.05) is 0 Å². The van der Waals surface area contributed by atoms with Crippen molar-refractivity contribution in [2.24, 2.45) is 0 Å². The first-order chi connectivity index (χ1) is 13.7. The lowest BCUT2D eigenvalue weighted by molar-refractivity contribution is -0.119. The van der Waals surface area contributed by atoms with Gasteiger partial charge in [-0.15, -0.1) is 17.9 Å². The molecule has 0 bridgehead atoms. The number of rotatable bonds is 7. The Labute approximate surface area is 172 Å². The molecule has 0 radical (unpaired) electrons. The van der Waals surface area contributed by atoms with E-state index in [-0.39, 0.29) is 23.3 Å². The lowest BCUT2D eigenvalue weighted by Crippen LogP contribution is -2.33. The molecule has 1 aliphatic carbocycles. The zero-order valence-corrected chi connectivity index (χ0v) is 17.5. The highest BCUT2D eigenvalue weighted by Gasteiger charge is 2.22. The number of aryl methyl sites for hydroxylation is 2. The number of nitrogens with one attached hydrogen (secondary N) is 1. The third-order valence-electron chi connectivity index (χ3n) is 5.23. The van der Waals surface area contributed by atoms with Crippen LogP contribution in [0.4, 0.5) is 0 Å². The Balaban J connectivity index is 1.53. The molecule has 3 heterocycles. The van der Waals surface area contributed by atoms with Gasteiger partial charge in [-0.3, -0.25) is 14.2 Å². The van der Waals surface area contributed by atoms with Crippen LogP contribution in [-0.4, -0.2) is 40.5 Å². The minimum Gasteiger partial charge on any atom is -0.376 e. The highest BCUT2D eigenvalue weighted by atomic mass is 32.2. The zero-order chi connectivity index (χ0) is 19.5. The topological polar surface area (TPSA) is 73.2 Å². The Hall–Kier alpha value is -1.64. The molecule has 0 saturated carbocycles. The predicted octanol–water partition coefficient (Wildman–Crippen LogP) is 2.91. The van der Waals surface area contributed by atoms with Crippen molar-refractivity contribution in [3.05, 3.63) is 33.4 Å². The molecule has 4 rings (SSSR count). The third kappa shape index (κ3) is 4.04. The molecular weight excluding hydrogens is 394 g/mol. The number of fused-ring (bicyclic) bond motifs is 3. The maximum atomic E-state index is 13.2. The largest absolute Gasteiger partial charge is 0.376 e. The molecule has 2 aliphatic rings.